The van der Waals surface area contributed by atoms with Crippen LogP contribution in [0.25, 0.3) is 11.3 Å². The van der Waals surface area contributed by atoms with E-state index in [9.17, 15) is 4.79 Å². The molecule has 1 heterocycles. The van der Waals surface area contributed by atoms with E-state index >= 15 is 0 Å². The van der Waals surface area contributed by atoms with Crippen LogP contribution in [0.4, 0.5) is 0 Å². The lowest BCUT2D eigenvalue weighted by Crippen LogP contribution is -2.01. The molecule has 0 bridgehead atoms. The summed E-state index contributed by atoms with van der Waals surface area (Å²) < 4.78 is 1.85. The molecule has 0 amide bonds. The molecule has 0 saturated carbocycles. The highest BCUT2D eigenvalue weighted by Crippen LogP contribution is 2.18. The smallest absolute Gasteiger partial charge is 0.130 e. The van der Waals surface area contributed by atoms with Crippen LogP contribution < -0.4 is 0 Å². The summed E-state index contributed by atoms with van der Waals surface area (Å²) in [7, 11) is 1.92. The molecule has 0 N–H and O–H groups in total. The number of carbonyl (C=O) groups excluding carboxylic acids is 1. The van der Waals surface area contributed by atoms with Gasteiger partial charge in [0.15, 0.2) is 0 Å². The summed E-state index contributed by atoms with van der Waals surface area (Å²) in [5.74, 6) is 0.215. The van der Waals surface area contributed by atoms with Crippen LogP contribution >= 0.6 is 0 Å². The summed E-state index contributed by atoms with van der Waals surface area (Å²) >= 11 is 0. The standard InChI is InChI=1S/C14H16N2O/c1-11(17)8-9-13-10-14(15-16(13)2)12-6-4-3-5-7-12/h3-7,10H,8-9H2,1-2H3. The van der Waals surface area contributed by atoms with Gasteiger partial charge in [-0.15, -0.1) is 0 Å². The van der Waals surface area contributed by atoms with Gasteiger partial charge in [0.1, 0.15) is 5.78 Å². The molecule has 88 valence electrons. The number of ketones is 1. The van der Waals surface area contributed by atoms with Gasteiger partial charge in [-0.3, -0.25) is 4.68 Å². The van der Waals surface area contributed by atoms with Crippen LogP contribution in [-0.2, 0) is 18.3 Å². The van der Waals surface area contributed by atoms with Crippen LogP contribution in [0.1, 0.15) is 19.0 Å². The average molecular weight is 228 g/mol. The Kier molecular flexibility index (Phi) is 3.38. The summed E-state index contributed by atoms with van der Waals surface area (Å²) in [6, 6.07) is 12.1. The van der Waals surface area contributed by atoms with Crippen molar-refractivity contribution in [1.82, 2.24) is 9.78 Å². The molecule has 0 atom stereocenters. The van der Waals surface area contributed by atoms with E-state index < -0.39 is 0 Å². The minimum absolute atomic E-state index is 0.215. The topological polar surface area (TPSA) is 34.9 Å². The maximum atomic E-state index is 11.0. The predicted molar refractivity (Wildman–Crippen MR) is 67.6 cm³/mol. The highest BCUT2D eigenvalue weighted by atomic mass is 16.1. The average Bonchev–Trinajstić information content (AvgIpc) is 2.69. The SMILES string of the molecule is CC(=O)CCc1cc(-c2ccccc2)nn1C. The molecule has 0 aliphatic heterocycles. The molecule has 2 rings (SSSR count). The van der Waals surface area contributed by atoms with Crippen molar-refractivity contribution in [2.24, 2.45) is 7.05 Å². The Morgan fingerprint density at radius 2 is 2.00 bits per heavy atom. The molecule has 3 heteroatoms. The van der Waals surface area contributed by atoms with Gasteiger partial charge >= 0.3 is 0 Å². The second-order valence-electron chi connectivity index (χ2n) is 4.21. The van der Waals surface area contributed by atoms with E-state index in [-0.39, 0.29) is 5.78 Å². The Morgan fingerprint density at radius 1 is 1.29 bits per heavy atom. The fourth-order valence-corrected chi connectivity index (χ4v) is 1.79. The van der Waals surface area contributed by atoms with E-state index in [1.165, 1.54) is 0 Å². The van der Waals surface area contributed by atoms with Crippen molar-refractivity contribution in [3.63, 3.8) is 0 Å². The van der Waals surface area contributed by atoms with Crippen molar-refractivity contribution in [1.29, 1.82) is 0 Å². The first-order valence-electron chi connectivity index (χ1n) is 5.74. The third-order valence-electron chi connectivity index (χ3n) is 2.78. The minimum Gasteiger partial charge on any atom is -0.300 e. The number of nitrogens with zero attached hydrogens (tertiary/aromatic N) is 2. The first kappa shape index (κ1) is 11.6. The Labute approximate surface area is 101 Å². The van der Waals surface area contributed by atoms with E-state index in [1.54, 1.807) is 6.92 Å². The maximum absolute atomic E-state index is 11.0. The summed E-state index contributed by atoms with van der Waals surface area (Å²) in [4.78, 5) is 11.0. The van der Waals surface area contributed by atoms with Crippen LogP contribution in [0, 0.1) is 0 Å². The molecule has 1 aromatic heterocycles. The highest BCUT2D eigenvalue weighted by molar-refractivity contribution is 5.75. The van der Waals surface area contributed by atoms with Crippen LogP contribution in [0.5, 0.6) is 0 Å². The van der Waals surface area contributed by atoms with Crippen LogP contribution in [0.15, 0.2) is 36.4 Å². The van der Waals surface area contributed by atoms with Gasteiger partial charge in [0.05, 0.1) is 5.69 Å². The number of hydrogen-bond donors (Lipinski definition) is 0. The molecule has 0 unspecified atom stereocenters. The largest absolute Gasteiger partial charge is 0.300 e. The van der Waals surface area contributed by atoms with Gasteiger partial charge in [-0.1, -0.05) is 30.3 Å². The number of benzene rings is 1. The quantitative estimate of drug-likeness (QED) is 0.806. The van der Waals surface area contributed by atoms with E-state index in [0.717, 1.165) is 23.4 Å². The van der Waals surface area contributed by atoms with Crippen LogP contribution in [0.2, 0.25) is 0 Å². The Balaban J connectivity index is 2.22. The lowest BCUT2D eigenvalue weighted by molar-refractivity contribution is -0.117. The second-order valence-corrected chi connectivity index (χ2v) is 4.21. The zero-order valence-electron chi connectivity index (χ0n) is 10.2. The zero-order valence-corrected chi connectivity index (χ0v) is 10.2. The Hall–Kier alpha value is -1.90. The summed E-state index contributed by atoms with van der Waals surface area (Å²) in [5, 5.41) is 4.46. The van der Waals surface area contributed by atoms with Gasteiger partial charge in [-0.05, 0) is 19.4 Å². The van der Waals surface area contributed by atoms with E-state index in [1.807, 2.05) is 42.1 Å². The lowest BCUT2D eigenvalue weighted by Gasteiger charge is -1.97. The van der Waals surface area contributed by atoms with Crippen molar-refractivity contribution in [3.05, 3.63) is 42.1 Å². The lowest BCUT2D eigenvalue weighted by atomic mass is 10.1. The number of rotatable bonds is 4. The van der Waals surface area contributed by atoms with Crippen molar-refractivity contribution < 1.29 is 4.79 Å². The minimum atomic E-state index is 0.215. The number of aromatic nitrogens is 2. The molecular weight excluding hydrogens is 212 g/mol. The van der Waals surface area contributed by atoms with E-state index in [2.05, 4.69) is 11.2 Å². The summed E-state index contributed by atoms with van der Waals surface area (Å²) in [6.07, 6.45) is 1.33. The molecule has 0 spiro atoms. The van der Waals surface area contributed by atoms with Crippen LogP contribution in [0.3, 0.4) is 0 Å². The molecular formula is C14H16N2O. The van der Waals surface area contributed by atoms with Crippen molar-refractivity contribution in [3.8, 4) is 11.3 Å². The Morgan fingerprint density at radius 3 is 2.65 bits per heavy atom. The first-order valence-corrected chi connectivity index (χ1v) is 5.74. The number of hydrogen-bond acceptors (Lipinski definition) is 2. The Bertz CT molecular complexity index is 514. The molecule has 0 aliphatic rings. The molecule has 2 aromatic rings. The zero-order chi connectivity index (χ0) is 12.3. The molecule has 0 fully saturated rings. The normalized spacial score (nSPS) is 10.5. The van der Waals surface area contributed by atoms with Gasteiger partial charge < -0.3 is 4.79 Å². The summed E-state index contributed by atoms with van der Waals surface area (Å²) in [5.41, 5.74) is 3.17. The molecule has 0 aliphatic carbocycles. The molecule has 0 radical (unpaired) electrons. The highest BCUT2D eigenvalue weighted by Gasteiger charge is 2.07. The fraction of sp³-hybridized carbons (Fsp3) is 0.286. The second kappa shape index (κ2) is 4.95. The van der Waals surface area contributed by atoms with Crippen molar-refractivity contribution in [2.45, 2.75) is 19.8 Å². The van der Waals surface area contributed by atoms with Crippen LogP contribution in [-0.4, -0.2) is 15.6 Å². The number of carbonyl (C=O) groups is 1. The van der Waals surface area contributed by atoms with E-state index in [0.29, 0.717) is 6.42 Å². The van der Waals surface area contributed by atoms with Crippen molar-refractivity contribution in [2.75, 3.05) is 0 Å². The van der Waals surface area contributed by atoms with Crippen molar-refractivity contribution >= 4 is 5.78 Å². The molecule has 0 saturated heterocycles. The first-order chi connectivity index (χ1) is 8.16. The van der Waals surface area contributed by atoms with Gasteiger partial charge in [-0.2, -0.15) is 5.10 Å². The summed E-state index contributed by atoms with van der Waals surface area (Å²) in [6.45, 7) is 1.62. The molecule has 17 heavy (non-hydrogen) atoms. The van der Waals surface area contributed by atoms with E-state index in [4.69, 9.17) is 0 Å². The van der Waals surface area contributed by atoms with Gasteiger partial charge in [0.25, 0.3) is 0 Å². The fourth-order valence-electron chi connectivity index (χ4n) is 1.79. The predicted octanol–water partition coefficient (Wildman–Crippen LogP) is 2.61. The monoisotopic (exact) mass is 228 g/mol. The third kappa shape index (κ3) is 2.81. The number of aryl methyl sites for hydroxylation is 2. The third-order valence-corrected chi connectivity index (χ3v) is 2.78. The molecule has 1 aromatic carbocycles. The number of Topliss-reactive ketones (excluding diaryl/α,β-unsaturated/α-hetero) is 1. The molecule has 3 nitrogen and oxygen atoms in total. The van der Waals surface area contributed by atoms with Gasteiger partial charge in [-0.25, -0.2) is 0 Å². The van der Waals surface area contributed by atoms with Gasteiger partial charge in [0.2, 0.25) is 0 Å². The van der Waals surface area contributed by atoms with Gasteiger partial charge in [0, 0.05) is 24.7 Å². The maximum Gasteiger partial charge on any atom is 0.130 e.